The number of aromatic amines is 1. The van der Waals surface area contributed by atoms with Crippen molar-refractivity contribution in [2.75, 3.05) is 32.6 Å². The number of nitrogens with one attached hydrogen (secondary N) is 2. The molecule has 0 aliphatic carbocycles. The van der Waals surface area contributed by atoms with Crippen LogP contribution in [0.25, 0.3) is 0 Å². The summed E-state index contributed by atoms with van der Waals surface area (Å²) < 4.78 is 42.4. The summed E-state index contributed by atoms with van der Waals surface area (Å²) in [4.78, 5) is 27.5. The van der Waals surface area contributed by atoms with Crippen molar-refractivity contribution in [3.63, 3.8) is 0 Å². The number of nitrogens with two attached hydrogens (primary N) is 1. The number of methoxy groups -OCH3 is 1. The highest BCUT2D eigenvalue weighted by Crippen LogP contribution is 2.24. The van der Waals surface area contributed by atoms with E-state index < -0.39 is 17.5 Å². The van der Waals surface area contributed by atoms with Crippen molar-refractivity contribution in [2.45, 2.75) is 5.92 Å². The largest absolute Gasteiger partial charge is 0.384 e. The van der Waals surface area contributed by atoms with Gasteiger partial charge in [0.2, 0.25) is 0 Å². The van der Waals surface area contributed by atoms with Crippen molar-refractivity contribution < 1.29 is 22.7 Å². The number of ether oxygens (including phenoxy) is 1. The fourth-order valence-corrected chi connectivity index (χ4v) is 2.50. The molecule has 3 aromatic rings. The lowest BCUT2D eigenvalue weighted by molar-refractivity contribution is -0.106. The second-order valence-electron chi connectivity index (χ2n) is 6.15. The maximum absolute atomic E-state index is 13.4. The van der Waals surface area contributed by atoms with E-state index >= 15 is 0 Å². The summed E-state index contributed by atoms with van der Waals surface area (Å²) in [6.45, 7) is 0.416. The first kappa shape index (κ1) is 26.5. The van der Waals surface area contributed by atoms with Gasteiger partial charge in [0.15, 0.2) is 11.6 Å². The van der Waals surface area contributed by atoms with E-state index in [0.29, 0.717) is 17.7 Å². The third kappa shape index (κ3) is 8.70. The number of halogens is 3. The van der Waals surface area contributed by atoms with Crippen LogP contribution in [0.4, 0.5) is 19.0 Å². The van der Waals surface area contributed by atoms with Gasteiger partial charge in [0.1, 0.15) is 17.9 Å². The summed E-state index contributed by atoms with van der Waals surface area (Å²) in [5, 5.41) is 2.93. The lowest BCUT2D eigenvalue weighted by Gasteiger charge is -2.16. The Morgan fingerprint density at radius 3 is 2.31 bits per heavy atom. The standard InChI is InChI=1S/C14H16FN3O2.C6H4F2.C2H5NO/c1-16-13-5-9(3-4-17-13)12(8-20-2)11-6-10(15)7-18-14(11)19;7-5-3-1-2-4-6(5)8;3-1-2-4/h3-7,12H,8H2,1-2H3,(H,16,17)(H,18,19);1-4H;2H,1,3H2. The number of carbonyl (C=O) groups excluding carboxylic acids is 1. The van der Waals surface area contributed by atoms with Gasteiger partial charge in [0.05, 0.1) is 6.61 Å². The Morgan fingerprint density at radius 1 is 1.19 bits per heavy atom. The van der Waals surface area contributed by atoms with Gasteiger partial charge in [-0.2, -0.15) is 0 Å². The van der Waals surface area contributed by atoms with Crippen LogP contribution in [0, 0.1) is 17.5 Å². The van der Waals surface area contributed by atoms with Crippen molar-refractivity contribution in [3.8, 4) is 0 Å². The molecule has 0 aliphatic rings. The molecule has 0 saturated carbocycles. The number of pyridine rings is 2. The van der Waals surface area contributed by atoms with E-state index in [-0.39, 0.29) is 24.6 Å². The quantitative estimate of drug-likeness (QED) is 0.498. The minimum Gasteiger partial charge on any atom is -0.384 e. The highest BCUT2D eigenvalue weighted by molar-refractivity contribution is 5.51. The van der Waals surface area contributed by atoms with Crippen molar-refractivity contribution in [1.29, 1.82) is 0 Å². The highest BCUT2D eigenvalue weighted by atomic mass is 19.2. The Morgan fingerprint density at radius 2 is 1.81 bits per heavy atom. The van der Waals surface area contributed by atoms with Crippen molar-refractivity contribution >= 4 is 12.1 Å². The fraction of sp³-hybridized carbons (Fsp3) is 0.227. The Hall–Kier alpha value is -3.50. The van der Waals surface area contributed by atoms with Gasteiger partial charge < -0.3 is 25.6 Å². The molecule has 1 atom stereocenters. The van der Waals surface area contributed by atoms with Gasteiger partial charge in [-0.1, -0.05) is 12.1 Å². The zero-order chi connectivity index (χ0) is 23.9. The zero-order valence-corrected chi connectivity index (χ0v) is 17.6. The second-order valence-corrected chi connectivity index (χ2v) is 6.15. The number of carbonyl (C=O) groups is 1. The third-order valence-corrected chi connectivity index (χ3v) is 3.97. The number of aromatic nitrogens is 2. The van der Waals surface area contributed by atoms with Gasteiger partial charge in [-0.3, -0.25) is 4.79 Å². The zero-order valence-electron chi connectivity index (χ0n) is 17.6. The van der Waals surface area contributed by atoms with E-state index in [1.54, 1.807) is 26.4 Å². The number of H-pyrrole nitrogens is 1. The molecule has 3 rings (SSSR count). The van der Waals surface area contributed by atoms with Crippen LogP contribution in [-0.4, -0.2) is 43.6 Å². The van der Waals surface area contributed by atoms with Gasteiger partial charge in [-0.25, -0.2) is 18.2 Å². The number of hydrogen-bond donors (Lipinski definition) is 3. The predicted octanol–water partition coefficient (Wildman–Crippen LogP) is 2.84. The van der Waals surface area contributed by atoms with E-state index in [1.807, 2.05) is 6.07 Å². The Labute approximate surface area is 183 Å². The van der Waals surface area contributed by atoms with E-state index in [9.17, 15) is 18.0 Å². The van der Waals surface area contributed by atoms with Crippen LogP contribution in [0.5, 0.6) is 0 Å². The summed E-state index contributed by atoms with van der Waals surface area (Å²) in [5.74, 6) is -1.76. The van der Waals surface area contributed by atoms with E-state index in [4.69, 9.17) is 9.53 Å². The summed E-state index contributed by atoms with van der Waals surface area (Å²) in [7, 11) is 3.30. The van der Waals surface area contributed by atoms with Crippen LogP contribution in [0.3, 0.4) is 0 Å². The van der Waals surface area contributed by atoms with Gasteiger partial charge in [-0.15, -0.1) is 0 Å². The molecule has 4 N–H and O–H groups in total. The minimum atomic E-state index is -0.799. The first-order valence-corrected chi connectivity index (χ1v) is 9.42. The molecular weight excluding hydrogens is 425 g/mol. The lowest BCUT2D eigenvalue weighted by Crippen LogP contribution is -2.20. The smallest absolute Gasteiger partial charge is 0.252 e. The normalized spacial score (nSPS) is 10.7. The molecule has 0 amide bonds. The van der Waals surface area contributed by atoms with Crippen LogP contribution < -0.4 is 16.6 Å². The van der Waals surface area contributed by atoms with Gasteiger partial charge in [0.25, 0.3) is 5.56 Å². The molecule has 10 heteroatoms. The van der Waals surface area contributed by atoms with Crippen LogP contribution in [0.15, 0.2) is 59.7 Å². The Kier molecular flexibility index (Phi) is 12.0. The summed E-state index contributed by atoms with van der Waals surface area (Å²) >= 11 is 0. The van der Waals surface area contributed by atoms with Crippen molar-refractivity contribution in [1.82, 2.24) is 9.97 Å². The van der Waals surface area contributed by atoms with Crippen LogP contribution in [-0.2, 0) is 9.53 Å². The fourth-order valence-electron chi connectivity index (χ4n) is 2.50. The average molecular weight is 450 g/mol. The average Bonchev–Trinajstić information content (AvgIpc) is 2.82. The monoisotopic (exact) mass is 450 g/mol. The van der Waals surface area contributed by atoms with E-state index in [2.05, 4.69) is 21.0 Å². The number of anilines is 1. The number of rotatable bonds is 6. The molecule has 0 bridgehead atoms. The predicted molar refractivity (Wildman–Crippen MR) is 116 cm³/mol. The SMILES string of the molecule is CNc1cc(C(COC)c2cc(F)c[nH]c2=O)ccn1.Fc1ccccc1F.NCC=O. The first-order valence-electron chi connectivity index (χ1n) is 9.42. The molecule has 0 fully saturated rings. The number of benzene rings is 1. The molecule has 1 unspecified atom stereocenters. The maximum Gasteiger partial charge on any atom is 0.252 e. The molecule has 7 nitrogen and oxygen atoms in total. The minimum absolute atomic E-state index is 0.139. The van der Waals surface area contributed by atoms with E-state index in [0.717, 1.165) is 23.9 Å². The Balaban J connectivity index is 0.000000350. The highest BCUT2D eigenvalue weighted by Gasteiger charge is 2.19. The molecular formula is C22H25F3N4O3. The summed E-state index contributed by atoms with van der Waals surface area (Å²) in [5.41, 5.74) is 5.51. The number of hydrogen-bond acceptors (Lipinski definition) is 6. The van der Waals surface area contributed by atoms with Crippen LogP contribution in [0.1, 0.15) is 17.0 Å². The molecule has 0 spiro atoms. The third-order valence-electron chi connectivity index (χ3n) is 3.97. The van der Waals surface area contributed by atoms with Gasteiger partial charge >= 0.3 is 0 Å². The first-order chi connectivity index (χ1) is 15.4. The molecule has 32 heavy (non-hydrogen) atoms. The number of nitrogens with zero attached hydrogens (tertiary/aromatic N) is 1. The van der Waals surface area contributed by atoms with E-state index in [1.165, 1.54) is 18.2 Å². The van der Waals surface area contributed by atoms with Gasteiger partial charge in [0, 0.05) is 44.6 Å². The van der Waals surface area contributed by atoms with Crippen molar-refractivity contribution in [2.24, 2.45) is 5.73 Å². The van der Waals surface area contributed by atoms with Gasteiger partial charge in [-0.05, 0) is 35.9 Å². The molecule has 172 valence electrons. The molecule has 0 radical (unpaired) electrons. The van der Waals surface area contributed by atoms with Crippen LogP contribution in [0.2, 0.25) is 0 Å². The number of aldehydes is 1. The molecule has 0 saturated heterocycles. The van der Waals surface area contributed by atoms with Crippen molar-refractivity contribution in [3.05, 3.63) is 93.8 Å². The maximum atomic E-state index is 13.4. The lowest BCUT2D eigenvalue weighted by atomic mass is 9.93. The second kappa shape index (κ2) is 14.5. The molecule has 0 aliphatic heterocycles. The topological polar surface area (TPSA) is 110 Å². The summed E-state index contributed by atoms with van der Waals surface area (Å²) in [6, 6.07) is 9.88. The molecule has 2 heterocycles. The molecule has 2 aromatic heterocycles. The molecule has 1 aromatic carbocycles. The summed E-state index contributed by atoms with van der Waals surface area (Å²) in [6.07, 6.45) is 3.33. The van der Waals surface area contributed by atoms with Crippen LogP contribution >= 0.6 is 0 Å². The Bertz CT molecular complexity index is 1010.